The normalized spacial score (nSPS) is 13.7. The molecule has 0 fully saturated rings. The second kappa shape index (κ2) is 10.0. The third-order valence-electron chi connectivity index (χ3n) is 6.23. The zero-order valence-electron chi connectivity index (χ0n) is 21.3. The average Bonchev–Trinajstić information content (AvgIpc) is 3.58. The van der Waals surface area contributed by atoms with E-state index in [1.165, 1.54) is 0 Å². The molecule has 2 amide bonds. The Hall–Kier alpha value is -3.60. The minimum Gasteiger partial charge on any atom is -0.492 e. The first-order valence-electron chi connectivity index (χ1n) is 11.8. The molecule has 1 aliphatic rings. The second-order valence-electron chi connectivity index (χ2n) is 9.08. The number of nitrogens with zero attached hydrogens (tertiary/aromatic N) is 4. The van der Waals surface area contributed by atoms with Crippen molar-refractivity contribution in [3.05, 3.63) is 58.6 Å². The Kier molecular flexibility index (Phi) is 6.80. The van der Waals surface area contributed by atoms with E-state index in [2.05, 4.69) is 22.3 Å². The molecule has 4 aromatic rings. The summed E-state index contributed by atoms with van der Waals surface area (Å²) >= 11 is 3.14. The van der Waals surface area contributed by atoms with Gasteiger partial charge in [-0.1, -0.05) is 6.07 Å². The number of hydrogen-bond acceptors (Lipinski definition) is 9. The van der Waals surface area contributed by atoms with Crippen molar-refractivity contribution >= 4 is 50.5 Å². The Morgan fingerprint density at radius 1 is 1.00 bits per heavy atom. The van der Waals surface area contributed by atoms with Gasteiger partial charge in [-0.3, -0.25) is 14.9 Å². The molecule has 0 saturated heterocycles. The lowest BCUT2D eigenvalue weighted by molar-refractivity contribution is -0.124. The van der Waals surface area contributed by atoms with Crippen LogP contribution in [0.3, 0.4) is 0 Å². The van der Waals surface area contributed by atoms with Crippen molar-refractivity contribution < 1.29 is 14.3 Å². The summed E-state index contributed by atoms with van der Waals surface area (Å²) in [5.41, 5.74) is 2.74. The Morgan fingerprint density at radius 3 is 2.38 bits per heavy atom. The molecule has 0 bridgehead atoms. The molecule has 0 unspecified atom stereocenters. The number of anilines is 1. The van der Waals surface area contributed by atoms with E-state index in [4.69, 9.17) is 14.7 Å². The lowest BCUT2D eigenvalue weighted by atomic mass is 10.1. The minimum absolute atomic E-state index is 0.300. The van der Waals surface area contributed by atoms with Crippen molar-refractivity contribution in [1.29, 1.82) is 0 Å². The Morgan fingerprint density at radius 2 is 1.76 bits per heavy atom. The van der Waals surface area contributed by atoms with E-state index in [1.54, 1.807) is 41.5 Å². The maximum Gasteiger partial charge on any atom is 0.275 e. The molecule has 3 aromatic heterocycles. The van der Waals surface area contributed by atoms with E-state index < -0.39 is 5.91 Å². The fraction of sp³-hybridized carbons (Fsp3) is 0.259. The van der Waals surface area contributed by atoms with Crippen LogP contribution in [0.1, 0.15) is 12.5 Å². The molecular weight excluding hydrogens is 506 g/mol. The van der Waals surface area contributed by atoms with Crippen LogP contribution < -0.4 is 15.0 Å². The number of likely N-dealkylation sites (N-methyl/N-ethyl adjacent to an activating group) is 2. The van der Waals surface area contributed by atoms with Gasteiger partial charge in [0.05, 0.1) is 10.3 Å². The quantitative estimate of drug-likeness (QED) is 0.329. The molecule has 37 heavy (non-hydrogen) atoms. The highest BCUT2D eigenvalue weighted by molar-refractivity contribution is 7.22. The first kappa shape index (κ1) is 25.1. The molecule has 1 aromatic carbocycles. The molecule has 190 valence electrons. The van der Waals surface area contributed by atoms with Gasteiger partial charge in [0.25, 0.3) is 11.8 Å². The summed E-state index contributed by atoms with van der Waals surface area (Å²) in [6, 6.07) is 12.0. The van der Waals surface area contributed by atoms with Gasteiger partial charge >= 0.3 is 0 Å². The Labute approximate surface area is 223 Å². The summed E-state index contributed by atoms with van der Waals surface area (Å²) in [5, 5.41) is 5.23. The topological polar surface area (TPSA) is 87.7 Å². The molecule has 0 saturated carbocycles. The average molecular weight is 534 g/mol. The zero-order valence-corrected chi connectivity index (χ0v) is 22.9. The standard InChI is InChI=1S/C27H27N5O3S2/c1-15-20-24(32(5)21-16(2)25(33)30-26(21)34)28-23(19-7-6-14-36-19)29-27(20)37-22(15)17-8-10-18(11-9-17)35-13-12-31(3)4/h6-11,14H,12-13H2,1-5H3,(H,30,33,34). The predicted octanol–water partition coefficient (Wildman–Crippen LogP) is 4.70. The van der Waals surface area contributed by atoms with Gasteiger partial charge in [0.1, 0.15) is 28.7 Å². The van der Waals surface area contributed by atoms with Crippen LogP contribution in [0.5, 0.6) is 5.75 Å². The van der Waals surface area contributed by atoms with Crippen LogP contribution >= 0.6 is 22.7 Å². The summed E-state index contributed by atoms with van der Waals surface area (Å²) in [6.45, 7) is 5.16. The molecular formula is C27H27N5O3S2. The molecule has 8 nitrogen and oxygen atoms in total. The lowest BCUT2D eigenvalue weighted by Crippen LogP contribution is -2.29. The van der Waals surface area contributed by atoms with Gasteiger partial charge in [-0.15, -0.1) is 22.7 Å². The molecule has 1 aliphatic heterocycles. The van der Waals surface area contributed by atoms with E-state index in [1.807, 2.05) is 50.7 Å². The molecule has 10 heteroatoms. The van der Waals surface area contributed by atoms with Gasteiger partial charge in [-0.25, -0.2) is 9.97 Å². The predicted molar refractivity (Wildman–Crippen MR) is 149 cm³/mol. The number of amides is 2. The van der Waals surface area contributed by atoms with Gasteiger partial charge in [0.15, 0.2) is 5.82 Å². The first-order chi connectivity index (χ1) is 17.7. The number of nitrogens with one attached hydrogen (secondary N) is 1. The lowest BCUT2D eigenvalue weighted by Gasteiger charge is -2.20. The molecule has 1 N–H and O–H groups in total. The van der Waals surface area contributed by atoms with Crippen molar-refractivity contribution in [2.75, 3.05) is 39.2 Å². The number of benzene rings is 1. The highest BCUT2D eigenvalue weighted by Gasteiger charge is 2.32. The van der Waals surface area contributed by atoms with E-state index >= 15 is 0 Å². The summed E-state index contributed by atoms with van der Waals surface area (Å²) in [5.74, 6) is 1.20. The van der Waals surface area contributed by atoms with Crippen LogP contribution in [0.4, 0.5) is 5.82 Å². The van der Waals surface area contributed by atoms with Crippen LogP contribution in [0.25, 0.3) is 31.4 Å². The van der Waals surface area contributed by atoms with Crippen LogP contribution in [-0.4, -0.2) is 61.0 Å². The number of hydrogen-bond donors (Lipinski definition) is 1. The van der Waals surface area contributed by atoms with Crippen LogP contribution in [-0.2, 0) is 9.59 Å². The molecule has 0 radical (unpaired) electrons. The molecule has 0 aliphatic carbocycles. The van der Waals surface area contributed by atoms with Gasteiger partial charge in [-0.05, 0) is 74.8 Å². The first-order valence-corrected chi connectivity index (χ1v) is 13.5. The van der Waals surface area contributed by atoms with Gasteiger partial charge in [0.2, 0.25) is 0 Å². The number of aromatic nitrogens is 2. The number of carbonyl (C=O) groups is 2. The van der Waals surface area contributed by atoms with Crippen molar-refractivity contribution in [1.82, 2.24) is 20.2 Å². The number of thiophene rings is 2. The van der Waals surface area contributed by atoms with Crippen molar-refractivity contribution in [2.45, 2.75) is 13.8 Å². The number of aryl methyl sites for hydroxylation is 1. The summed E-state index contributed by atoms with van der Waals surface area (Å²) in [6.07, 6.45) is 0. The van der Waals surface area contributed by atoms with Crippen molar-refractivity contribution in [3.63, 3.8) is 0 Å². The summed E-state index contributed by atoms with van der Waals surface area (Å²) in [4.78, 5) is 41.2. The third-order valence-corrected chi connectivity index (χ3v) is 8.33. The fourth-order valence-corrected chi connectivity index (χ4v) is 6.08. The Balaban J connectivity index is 1.60. The van der Waals surface area contributed by atoms with Crippen LogP contribution in [0.15, 0.2) is 53.0 Å². The largest absolute Gasteiger partial charge is 0.492 e. The molecule has 0 spiro atoms. The van der Waals surface area contributed by atoms with E-state index in [9.17, 15) is 9.59 Å². The monoisotopic (exact) mass is 533 g/mol. The third kappa shape index (κ3) is 4.75. The summed E-state index contributed by atoms with van der Waals surface area (Å²) < 4.78 is 5.85. The fourth-order valence-electron chi connectivity index (χ4n) is 4.24. The van der Waals surface area contributed by atoms with Crippen LogP contribution in [0, 0.1) is 6.92 Å². The molecule has 4 heterocycles. The minimum atomic E-state index is -0.424. The van der Waals surface area contributed by atoms with Gasteiger partial charge in [-0.2, -0.15) is 0 Å². The van der Waals surface area contributed by atoms with E-state index in [0.29, 0.717) is 29.5 Å². The number of rotatable bonds is 8. The van der Waals surface area contributed by atoms with Crippen LogP contribution in [0.2, 0.25) is 0 Å². The molecule has 0 atom stereocenters. The second-order valence-corrected chi connectivity index (χ2v) is 11.0. The van der Waals surface area contributed by atoms with E-state index in [0.717, 1.165) is 43.4 Å². The van der Waals surface area contributed by atoms with Crippen molar-refractivity contribution in [2.24, 2.45) is 0 Å². The number of fused-ring (bicyclic) bond motifs is 1. The van der Waals surface area contributed by atoms with Gasteiger partial charge < -0.3 is 14.5 Å². The van der Waals surface area contributed by atoms with E-state index in [-0.39, 0.29) is 5.91 Å². The number of ether oxygens (including phenoxy) is 1. The highest BCUT2D eigenvalue weighted by atomic mass is 32.1. The van der Waals surface area contributed by atoms with Crippen molar-refractivity contribution in [3.8, 4) is 26.9 Å². The number of carbonyl (C=O) groups excluding carboxylic acids is 2. The highest BCUT2D eigenvalue weighted by Crippen LogP contribution is 2.43. The zero-order chi connectivity index (χ0) is 26.3. The number of imide groups is 1. The van der Waals surface area contributed by atoms with Gasteiger partial charge in [0, 0.05) is 24.0 Å². The SMILES string of the molecule is CC1=C(N(C)c2nc(-c3cccs3)nc3sc(-c4ccc(OCCN(C)C)cc4)c(C)c23)C(=O)NC1=O. The summed E-state index contributed by atoms with van der Waals surface area (Å²) in [7, 11) is 5.81. The molecule has 5 rings (SSSR count). The smallest absolute Gasteiger partial charge is 0.275 e. The maximum absolute atomic E-state index is 12.6. The maximum atomic E-state index is 12.6. The Bertz CT molecular complexity index is 1520.